The molecule has 0 aliphatic carbocycles. The molecule has 0 bridgehead atoms. The highest BCUT2D eigenvalue weighted by atomic mass is 32.2. The van der Waals surface area contributed by atoms with Crippen LogP contribution in [0.2, 0.25) is 0 Å². The molecule has 0 saturated carbocycles. The van der Waals surface area contributed by atoms with Gasteiger partial charge in [-0.1, -0.05) is 20.8 Å². The van der Waals surface area contributed by atoms with Gasteiger partial charge < -0.3 is 10.1 Å². The third-order valence-corrected chi connectivity index (χ3v) is 7.28. The van der Waals surface area contributed by atoms with Gasteiger partial charge in [-0.25, -0.2) is 13.2 Å². The SMILES string of the molecule is COc1c(C(=O)Nc2ccc(N(C)S(C)(=O)=O)cc2)cc(N2CCC(=O)N(C)C2=O)cc1C(C)(C)C. The first kappa shape index (κ1) is 27.0. The minimum absolute atomic E-state index is 0.176. The summed E-state index contributed by atoms with van der Waals surface area (Å²) in [5.74, 6) is -0.341. The number of anilines is 3. The number of hydrogen-bond acceptors (Lipinski definition) is 6. The molecular formula is C25H32N4O6S. The number of hydrogen-bond donors (Lipinski definition) is 1. The Morgan fingerprint density at radius 3 is 2.25 bits per heavy atom. The standard InChI is InChI=1S/C25H32N4O6S/c1-25(2,3)20-15-18(29-13-12-21(30)27(4)24(29)32)14-19(22(20)35-6)23(31)26-16-8-10-17(11-9-16)28(5)36(7,33)34/h8-11,14-15H,12-13H2,1-7H3,(H,26,31). The van der Waals surface area contributed by atoms with Crippen molar-refractivity contribution in [2.45, 2.75) is 32.6 Å². The Labute approximate surface area is 211 Å². The number of carbonyl (C=O) groups is 3. The second-order valence-electron chi connectivity index (χ2n) is 9.69. The van der Waals surface area contributed by atoms with Crippen molar-refractivity contribution in [3.8, 4) is 5.75 Å². The summed E-state index contributed by atoms with van der Waals surface area (Å²) in [4.78, 5) is 40.8. The Morgan fingerprint density at radius 2 is 1.72 bits per heavy atom. The van der Waals surface area contributed by atoms with Crippen LogP contribution >= 0.6 is 0 Å². The molecule has 3 rings (SSSR count). The zero-order valence-corrected chi connectivity index (χ0v) is 22.4. The van der Waals surface area contributed by atoms with Crippen LogP contribution in [0.3, 0.4) is 0 Å². The van der Waals surface area contributed by atoms with Crippen LogP contribution in [-0.2, 0) is 20.2 Å². The maximum atomic E-state index is 13.4. The zero-order valence-electron chi connectivity index (χ0n) is 21.6. The number of benzene rings is 2. The third kappa shape index (κ3) is 5.46. The van der Waals surface area contributed by atoms with Crippen LogP contribution in [0, 0.1) is 0 Å². The van der Waals surface area contributed by atoms with Gasteiger partial charge in [-0.2, -0.15) is 0 Å². The van der Waals surface area contributed by atoms with Gasteiger partial charge in [-0.05, 0) is 41.8 Å². The smallest absolute Gasteiger partial charge is 0.330 e. The number of imide groups is 1. The quantitative estimate of drug-likeness (QED) is 0.629. The predicted octanol–water partition coefficient (Wildman–Crippen LogP) is 3.43. The summed E-state index contributed by atoms with van der Waals surface area (Å²) < 4.78 is 30.4. The molecule has 36 heavy (non-hydrogen) atoms. The molecule has 2 aromatic carbocycles. The van der Waals surface area contributed by atoms with Crippen molar-refractivity contribution < 1.29 is 27.5 Å². The van der Waals surface area contributed by atoms with Crippen molar-refractivity contribution in [1.29, 1.82) is 0 Å². The van der Waals surface area contributed by atoms with Crippen LogP contribution in [0.4, 0.5) is 21.9 Å². The average molecular weight is 517 g/mol. The fraction of sp³-hybridized carbons (Fsp3) is 0.400. The van der Waals surface area contributed by atoms with E-state index in [1.54, 1.807) is 30.3 Å². The van der Waals surface area contributed by atoms with Gasteiger partial charge in [-0.15, -0.1) is 0 Å². The number of nitrogens with zero attached hydrogens (tertiary/aromatic N) is 3. The Bertz CT molecular complexity index is 1300. The summed E-state index contributed by atoms with van der Waals surface area (Å²) in [6, 6.07) is 9.31. The Hall–Kier alpha value is -3.60. The van der Waals surface area contributed by atoms with Gasteiger partial charge in [0.25, 0.3) is 5.91 Å². The number of methoxy groups -OCH3 is 1. The lowest BCUT2D eigenvalue weighted by Crippen LogP contribution is -2.50. The van der Waals surface area contributed by atoms with Gasteiger partial charge >= 0.3 is 6.03 Å². The van der Waals surface area contributed by atoms with Crippen LogP contribution in [0.1, 0.15) is 43.1 Å². The lowest BCUT2D eigenvalue weighted by molar-refractivity contribution is -0.127. The van der Waals surface area contributed by atoms with Gasteiger partial charge in [0.2, 0.25) is 15.9 Å². The first-order valence-corrected chi connectivity index (χ1v) is 13.2. The lowest BCUT2D eigenvalue weighted by Gasteiger charge is -2.33. The number of rotatable bonds is 6. The molecule has 10 nitrogen and oxygen atoms in total. The van der Waals surface area contributed by atoms with Crippen LogP contribution in [-0.4, -0.2) is 65.2 Å². The molecule has 0 spiro atoms. The largest absolute Gasteiger partial charge is 0.496 e. The molecule has 0 aromatic heterocycles. The Kier molecular flexibility index (Phi) is 7.35. The van der Waals surface area contributed by atoms with Crippen LogP contribution in [0.25, 0.3) is 0 Å². The molecule has 0 radical (unpaired) electrons. The maximum absolute atomic E-state index is 13.4. The van der Waals surface area contributed by atoms with Crippen LogP contribution in [0.5, 0.6) is 5.75 Å². The monoisotopic (exact) mass is 516 g/mol. The molecule has 1 heterocycles. The van der Waals surface area contributed by atoms with Gasteiger partial charge in [0.1, 0.15) is 5.75 Å². The Balaban J connectivity index is 2.02. The van der Waals surface area contributed by atoms with E-state index in [2.05, 4.69) is 5.32 Å². The third-order valence-electron chi connectivity index (χ3n) is 6.07. The molecule has 1 fully saturated rings. The summed E-state index contributed by atoms with van der Waals surface area (Å²) in [6.45, 7) is 6.12. The van der Waals surface area contributed by atoms with Gasteiger partial charge in [0.05, 0.1) is 24.6 Å². The molecule has 1 saturated heterocycles. The minimum atomic E-state index is -3.42. The van der Waals surface area contributed by atoms with Crippen molar-refractivity contribution in [2.24, 2.45) is 0 Å². The second kappa shape index (κ2) is 9.81. The van der Waals surface area contributed by atoms with Gasteiger partial charge in [0.15, 0.2) is 0 Å². The summed E-state index contributed by atoms with van der Waals surface area (Å²) in [7, 11) is 0.943. The number of amides is 4. The summed E-state index contributed by atoms with van der Waals surface area (Å²) >= 11 is 0. The average Bonchev–Trinajstić information content (AvgIpc) is 2.80. The van der Waals surface area contributed by atoms with Crippen molar-refractivity contribution in [3.05, 3.63) is 47.5 Å². The van der Waals surface area contributed by atoms with E-state index in [-0.39, 0.29) is 24.4 Å². The first-order chi connectivity index (χ1) is 16.6. The van der Waals surface area contributed by atoms with E-state index in [0.29, 0.717) is 22.8 Å². The number of urea groups is 1. The summed E-state index contributed by atoms with van der Waals surface area (Å²) in [5.41, 5.74) is 1.92. The normalized spacial score (nSPS) is 14.6. The molecule has 4 amide bonds. The van der Waals surface area contributed by atoms with E-state index >= 15 is 0 Å². The number of nitrogens with one attached hydrogen (secondary N) is 1. The van der Waals surface area contributed by atoms with Crippen molar-refractivity contribution in [1.82, 2.24) is 4.90 Å². The van der Waals surface area contributed by atoms with Crippen molar-refractivity contribution in [2.75, 3.05) is 48.5 Å². The highest BCUT2D eigenvalue weighted by Crippen LogP contribution is 2.39. The van der Waals surface area contributed by atoms with Crippen LogP contribution in [0.15, 0.2) is 36.4 Å². The van der Waals surface area contributed by atoms with E-state index in [1.165, 1.54) is 26.1 Å². The molecule has 11 heteroatoms. The molecule has 1 aliphatic rings. The summed E-state index contributed by atoms with van der Waals surface area (Å²) in [5, 5.41) is 2.82. The van der Waals surface area contributed by atoms with E-state index in [1.807, 2.05) is 26.8 Å². The fourth-order valence-electron chi connectivity index (χ4n) is 3.86. The fourth-order valence-corrected chi connectivity index (χ4v) is 4.36. The molecule has 2 aromatic rings. The van der Waals surface area contributed by atoms with Gasteiger partial charge in [0, 0.05) is 44.0 Å². The zero-order chi connectivity index (χ0) is 27.0. The van der Waals surface area contributed by atoms with Gasteiger partial charge in [-0.3, -0.25) is 23.7 Å². The second-order valence-corrected chi connectivity index (χ2v) is 11.7. The van der Waals surface area contributed by atoms with Crippen molar-refractivity contribution >= 4 is 44.9 Å². The Morgan fingerprint density at radius 1 is 1.11 bits per heavy atom. The topological polar surface area (TPSA) is 116 Å². The molecule has 1 aliphatic heterocycles. The van der Waals surface area contributed by atoms with E-state index in [9.17, 15) is 22.8 Å². The van der Waals surface area contributed by atoms with E-state index < -0.39 is 27.4 Å². The van der Waals surface area contributed by atoms with E-state index in [0.717, 1.165) is 21.0 Å². The highest BCUT2D eigenvalue weighted by molar-refractivity contribution is 7.92. The molecule has 1 N–H and O–H groups in total. The number of carbonyl (C=O) groups excluding carboxylic acids is 3. The van der Waals surface area contributed by atoms with E-state index in [4.69, 9.17) is 4.74 Å². The molecule has 194 valence electrons. The minimum Gasteiger partial charge on any atom is -0.496 e. The molecule has 0 unspecified atom stereocenters. The number of ether oxygens (including phenoxy) is 1. The number of sulfonamides is 1. The van der Waals surface area contributed by atoms with Crippen molar-refractivity contribution in [3.63, 3.8) is 0 Å². The summed E-state index contributed by atoms with van der Waals surface area (Å²) in [6.07, 6.45) is 1.28. The molecular weight excluding hydrogens is 484 g/mol. The predicted molar refractivity (Wildman–Crippen MR) is 139 cm³/mol. The lowest BCUT2D eigenvalue weighted by atomic mass is 9.84. The molecule has 0 atom stereocenters. The highest BCUT2D eigenvalue weighted by Gasteiger charge is 2.33. The first-order valence-electron chi connectivity index (χ1n) is 11.3. The van der Waals surface area contributed by atoms with Crippen LogP contribution < -0.4 is 19.3 Å². The maximum Gasteiger partial charge on any atom is 0.330 e.